The highest BCUT2D eigenvalue weighted by atomic mass is 16.6. The van der Waals surface area contributed by atoms with Crippen LogP contribution in [-0.2, 0) is 4.74 Å². The summed E-state index contributed by atoms with van der Waals surface area (Å²) in [5.41, 5.74) is 1.20. The summed E-state index contributed by atoms with van der Waals surface area (Å²) in [7, 11) is 1.83. The second-order valence-electron chi connectivity index (χ2n) is 7.22. The standard InChI is InChI=1S/C18H25N5O2/c1-18(2,3)25-17(24)23-10-9-12(11-23)20-16-15(19-4)21-13-7-5-6-8-14(13)22-16/h5-8,12H,9-11H2,1-4H3,(H,19,21)(H,20,22). The molecule has 2 N–H and O–H groups in total. The van der Waals surface area contributed by atoms with E-state index in [2.05, 4.69) is 20.6 Å². The maximum absolute atomic E-state index is 12.2. The highest BCUT2D eigenvalue weighted by Crippen LogP contribution is 2.24. The summed E-state index contributed by atoms with van der Waals surface area (Å²) >= 11 is 0. The van der Waals surface area contributed by atoms with Gasteiger partial charge in [0, 0.05) is 26.2 Å². The van der Waals surface area contributed by atoms with E-state index in [1.807, 2.05) is 52.1 Å². The Morgan fingerprint density at radius 2 is 1.84 bits per heavy atom. The molecule has 1 aromatic carbocycles. The van der Waals surface area contributed by atoms with Gasteiger partial charge in [-0.25, -0.2) is 14.8 Å². The predicted octanol–water partition coefficient (Wildman–Crippen LogP) is 3.09. The zero-order valence-electron chi connectivity index (χ0n) is 15.2. The van der Waals surface area contributed by atoms with Gasteiger partial charge in [0.1, 0.15) is 5.60 Å². The molecule has 2 heterocycles. The maximum Gasteiger partial charge on any atom is 0.410 e. The van der Waals surface area contributed by atoms with E-state index in [1.54, 1.807) is 4.90 Å². The number of hydrogen-bond donors (Lipinski definition) is 2. The van der Waals surface area contributed by atoms with Crippen molar-refractivity contribution in [3.05, 3.63) is 24.3 Å². The van der Waals surface area contributed by atoms with E-state index in [9.17, 15) is 4.79 Å². The molecule has 134 valence electrons. The molecule has 1 aliphatic heterocycles. The van der Waals surface area contributed by atoms with Crippen LogP contribution >= 0.6 is 0 Å². The number of fused-ring (bicyclic) bond motifs is 1. The third kappa shape index (κ3) is 4.10. The number of carbonyl (C=O) groups is 1. The average molecular weight is 343 g/mol. The normalized spacial score (nSPS) is 17.6. The van der Waals surface area contributed by atoms with Crippen molar-refractivity contribution < 1.29 is 9.53 Å². The first-order chi connectivity index (χ1) is 11.9. The minimum atomic E-state index is -0.480. The molecule has 0 saturated carbocycles. The van der Waals surface area contributed by atoms with Gasteiger partial charge in [-0.05, 0) is 39.3 Å². The van der Waals surface area contributed by atoms with Crippen molar-refractivity contribution in [2.45, 2.75) is 38.8 Å². The summed E-state index contributed by atoms with van der Waals surface area (Å²) in [5.74, 6) is 1.41. The molecule has 1 fully saturated rings. The monoisotopic (exact) mass is 343 g/mol. The number of ether oxygens (including phenoxy) is 1. The van der Waals surface area contributed by atoms with Crippen molar-refractivity contribution in [2.24, 2.45) is 0 Å². The molecule has 1 saturated heterocycles. The minimum absolute atomic E-state index is 0.120. The first kappa shape index (κ1) is 17.3. The highest BCUT2D eigenvalue weighted by molar-refractivity contribution is 5.80. The zero-order valence-corrected chi connectivity index (χ0v) is 15.2. The molecule has 1 amide bonds. The Kier molecular flexibility index (Phi) is 4.65. The van der Waals surface area contributed by atoms with Gasteiger partial charge in [-0.2, -0.15) is 0 Å². The van der Waals surface area contributed by atoms with E-state index in [4.69, 9.17) is 4.74 Å². The number of rotatable bonds is 3. The van der Waals surface area contributed by atoms with Gasteiger partial charge in [0.2, 0.25) is 0 Å². The van der Waals surface area contributed by atoms with E-state index in [0.29, 0.717) is 24.7 Å². The number of hydrogen-bond acceptors (Lipinski definition) is 6. The lowest BCUT2D eigenvalue weighted by Gasteiger charge is -2.24. The quantitative estimate of drug-likeness (QED) is 0.891. The summed E-state index contributed by atoms with van der Waals surface area (Å²) < 4.78 is 5.44. The van der Waals surface area contributed by atoms with Crippen LogP contribution in [0.15, 0.2) is 24.3 Å². The van der Waals surface area contributed by atoms with Crippen LogP contribution in [0.1, 0.15) is 27.2 Å². The molecule has 0 radical (unpaired) electrons. The van der Waals surface area contributed by atoms with Crippen LogP contribution in [0.2, 0.25) is 0 Å². The number of anilines is 2. The third-order valence-corrected chi connectivity index (χ3v) is 3.99. The van der Waals surface area contributed by atoms with Gasteiger partial charge in [-0.1, -0.05) is 12.1 Å². The Morgan fingerprint density at radius 3 is 2.44 bits per heavy atom. The smallest absolute Gasteiger partial charge is 0.410 e. The van der Waals surface area contributed by atoms with Crippen molar-refractivity contribution in [2.75, 3.05) is 30.8 Å². The fraction of sp³-hybridized carbons (Fsp3) is 0.500. The van der Waals surface area contributed by atoms with Crippen molar-refractivity contribution in [1.29, 1.82) is 0 Å². The molecular formula is C18H25N5O2. The number of likely N-dealkylation sites (tertiary alicyclic amines) is 1. The fourth-order valence-corrected chi connectivity index (χ4v) is 2.84. The summed E-state index contributed by atoms with van der Waals surface area (Å²) in [6.07, 6.45) is 0.576. The van der Waals surface area contributed by atoms with Gasteiger partial charge in [0.05, 0.1) is 11.0 Å². The molecule has 1 unspecified atom stereocenters. The lowest BCUT2D eigenvalue weighted by molar-refractivity contribution is 0.0293. The molecule has 0 spiro atoms. The summed E-state index contributed by atoms with van der Waals surface area (Å²) in [6.45, 7) is 6.89. The van der Waals surface area contributed by atoms with Gasteiger partial charge in [0.15, 0.2) is 11.6 Å². The summed E-state index contributed by atoms with van der Waals surface area (Å²) in [4.78, 5) is 23.2. The van der Waals surface area contributed by atoms with Crippen LogP contribution in [0, 0.1) is 0 Å². The third-order valence-electron chi connectivity index (χ3n) is 3.99. The zero-order chi connectivity index (χ0) is 18.0. The van der Waals surface area contributed by atoms with Gasteiger partial charge in [-0.15, -0.1) is 0 Å². The molecule has 0 aliphatic carbocycles. The summed E-state index contributed by atoms with van der Waals surface area (Å²) in [6, 6.07) is 7.88. The van der Waals surface area contributed by atoms with Crippen LogP contribution in [0.3, 0.4) is 0 Å². The second kappa shape index (κ2) is 6.74. The Hall–Kier alpha value is -2.57. The fourth-order valence-electron chi connectivity index (χ4n) is 2.84. The Bertz CT molecular complexity index is 772. The number of benzene rings is 1. The molecule has 1 aromatic heterocycles. The van der Waals surface area contributed by atoms with Crippen molar-refractivity contribution in [1.82, 2.24) is 14.9 Å². The topological polar surface area (TPSA) is 79.4 Å². The molecule has 3 rings (SSSR count). The molecule has 0 bridgehead atoms. The van der Waals surface area contributed by atoms with Crippen LogP contribution in [0.25, 0.3) is 11.0 Å². The lowest BCUT2D eigenvalue weighted by Crippen LogP contribution is -2.36. The Morgan fingerprint density at radius 1 is 1.20 bits per heavy atom. The number of para-hydroxylation sites is 2. The van der Waals surface area contributed by atoms with E-state index < -0.39 is 5.60 Å². The molecule has 25 heavy (non-hydrogen) atoms. The number of amides is 1. The first-order valence-electron chi connectivity index (χ1n) is 8.55. The predicted molar refractivity (Wildman–Crippen MR) is 98.9 cm³/mol. The molecule has 1 atom stereocenters. The van der Waals surface area contributed by atoms with Gasteiger partial charge >= 0.3 is 6.09 Å². The SMILES string of the molecule is CNc1nc2ccccc2nc1NC1CCN(C(=O)OC(C)(C)C)C1. The van der Waals surface area contributed by atoms with Crippen LogP contribution in [-0.4, -0.2) is 52.7 Å². The number of nitrogens with zero attached hydrogens (tertiary/aromatic N) is 3. The van der Waals surface area contributed by atoms with Crippen LogP contribution < -0.4 is 10.6 Å². The molecule has 2 aromatic rings. The summed E-state index contributed by atoms with van der Waals surface area (Å²) in [5, 5.41) is 6.50. The first-order valence-corrected chi connectivity index (χ1v) is 8.55. The van der Waals surface area contributed by atoms with E-state index >= 15 is 0 Å². The van der Waals surface area contributed by atoms with Crippen molar-refractivity contribution >= 4 is 28.8 Å². The number of nitrogens with one attached hydrogen (secondary N) is 2. The Balaban J connectivity index is 1.71. The van der Waals surface area contributed by atoms with Gasteiger partial charge in [0.25, 0.3) is 0 Å². The van der Waals surface area contributed by atoms with Crippen LogP contribution in [0.4, 0.5) is 16.4 Å². The molecule has 7 heteroatoms. The van der Waals surface area contributed by atoms with Crippen LogP contribution in [0.5, 0.6) is 0 Å². The molecule has 1 aliphatic rings. The van der Waals surface area contributed by atoms with Crippen molar-refractivity contribution in [3.8, 4) is 0 Å². The van der Waals surface area contributed by atoms with E-state index in [-0.39, 0.29) is 12.1 Å². The maximum atomic E-state index is 12.2. The number of aromatic nitrogens is 2. The lowest BCUT2D eigenvalue weighted by atomic mass is 10.2. The largest absolute Gasteiger partial charge is 0.444 e. The van der Waals surface area contributed by atoms with Gasteiger partial charge < -0.3 is 20.3 Å². The number of carbonyl (C=O) groups excluding carboxylic acids is 1. The van der Waals surface area contributed by atoms with Crippen molar-refractivity contribution in [3.63, 3.8) is 0 Å². The van der Waals surface area contributed by atoms with Gasteiger partial charge in [-0.3, -0.25) is 0 Å². The minimum Gasteiger partial charge on any atom is -0.444 e. The second-order valence-corrected chi connectivity index (χ2v) is 7.22. The van der Waals surface area contributed by atoms with E-state index in [1.165, 1.54) is 0 Å². The Labute approximate surface area is 147 Å². The molecular weight excluding hydrogens is 318 g/mol. The van der Waals surface area contributed by atoms with E-state index in [0.717, 1.165) is 17.5 Å². The highest BCUT2D eigenvalue weighted by Gasteiger charge is 2.30. The average Bonchev–Trinajstić information content (AvgIpc) is 3.01. The molecule has 7 nitrogen and oxygen atoms in total.